The summed E-state index contributed by atoms with van der Waals surface area (Å²) in [5, 5.41) is 3.14. The predicted molar refractivity (Wildman–Crippen MR) is 121 cm³/mol. The minimum Gasteiger partial charge on any atom is -0.497 e. The highest BCUT2D eigenvalue weighted by atomic mass is 16.5. The van der Waals surface area contributed by atoms with Crippen LogP contribution in [0, 0.1) is 6.92 Å². The van der Waals surface area contributed by atoms with Gasteiger partial charge in [-0.05, 0) is 42.3 Å². The van der Waals surface area contributed by atoms with Gasteiger partial charge < -0.3 is 14.8 Å². The molecule has 0 saturated heterocycles. The fourth-order valence-electron chi connectivity index (χ4n) is 3.54. The second-order valence-corrected chi connectivity index (χ2v) is 7.36. The first kappa shape index (κ1) is 21.1. The summed E-state index contributed by atoms with van der Waals surface area (Å²) in [4.78, 5) is 32.1. The van der Waals surface area contributed by atoms with Crippen molar-refractivity contribution in [2.24, 2.45) is 0 Å². The van der Waals surface area contributed by atoms with Crippen molar-refractivity contribution in [1.82, 2.24) is 9.88 Å². The van der Waals surface area contributed by atoms with Gasteiger partial charge in [0, 0.05) is 18.5 Å². The average molecular weight is 429 g/mol. The number of benzene rings is 2. The number of nitrogens with zero attached hydrogens (tertiary/aromatic N) is 2. The van der Waals surface area contributed by atoms with Gasteiger partial charge in [-0.2, -0.15) is 0 Å². The molecule has 32 heavy (non-hydrogen) atoms. The molecule has 7 nitrogen and oxygen atoms in total. The topological polar surface area (TPSA) is 80.8 Å². The van der Waals surface area contributed by atoms with Gasteiger partial charge in [-0.25, -0.2) is 0 Å². The van der Waals surface area contributed by atoms with Crippen molar-refractivity contribution in [3.63, 3.8) is 0 Å². The van der Waals surface area contributed by atoms with Crippen LogP contribution in [-0.2, 0) is 16.1 Å². The number of pyridine rings is 1. The Morgan fingerprint density at radius 1 is 0.906 bits per heavy atom. The van der Waals surface area contributed by atoms with E-state index in [4.69, 9.17) is 9.47 Å². The molecule has 1 aliphatic rings. The first-order valence-electron chi connectivity index (χ1n) is 10.1. The molecule has 2 heterocycles. The Kier molecular flexibility index (Phi) is 5.89. The summed E-state index contributed by atoms with van der Waals surface area (Å²) in [5.74, 6) is 0.345. The molecule has 1 N–H and O–H groups in total. The van der Waals surface area contributed by atoms with Gasteiger partial charge >= 0.3 is 0 Å². The molecule has 3 aromatic rings. The molecule has 1 aromatic heterocycles. The molecule has 0 spiro atoms. The van der Waals surface area contributed by atoms with Gasteiger partial charge in [-0.3, -0.25) is 19.5 Å². The monoisotopic (exact) mass is 429 g/mol. The Morgan fingerprint density at radius 2 is 1.62 bits per heavy atom. The number of nitrogens with one attached hydrogen (secondary N) is 1. The van der Waals surface area contributed by atoms with Crippen LogP contribution < -0.4 is 14.8 Å². The number of carbonyl (C=O) groups is 2. The molecule has 0 unspecified atom stereocenters. The molecule has 162 valence electrons. The molecule has 0 atom stereocenters. The predicted octanol–water partition coefficient (Wildman–Crippen LogP) is 3.80. The number of aromatic nitrogens is 1. The Labute approximate surface area is 186 Å². The van der Waals surface area contributed by atoms with Crippen LogP contribution in [-0.4, -0.2) is 35.9 Å². The molecule has 2 aromatic carbocycles. The normalized spacial score (nSPS) is 13.5. The van der Waals surface area contributed by atoms with E-state index in [1.54, 1.807) is 56.9 Å². The minimum atomic E-state index is -0.410. The van der Waals surface area contributed by atoms with E-state index in [0.29, 0.717) is 28.3 Å². The summed E-state index contributed by atoms with van der Waals surface area (Å²) in [5.41, 5.74) is 3.57. The fraction of sp³-hybridized carbons (Fsp3) is 0.160. The zero-order valence-electron chi connectivity index (χ0n) is 18.1. The van der Waals surface area contributed by atoms with Crippen LogP contribution in [0.3, 0.4) is 0 Å². The van der Waals surface area contributed by atoms with E-state index in [2.05, 4.69) is 10.3 Å². The molecule has 0 aliphatic carbocycles. The standard InChI is InChI=1S/C25H23N3O4/c1-16-4-6-18(7-5-16)22-23(27-20-14-19(31-2)8-9-21(20)32-3)25(30)28(24(22)29)15-17-10-12-26-13-11-17/h4-14,27H,15H2,1-3H3. The van der Waals surface area contributed by atoms with Crippen LogP contribution in [0.4, 0.5) is 5.69 Å². The number of ether oxygens (including phenoxy) is 2. The lowest BCUT2D eigenvalue weighted by molar-refractivity contribution is -0.137. The highest BCUT2D eigenvalue weighted by Gasteiger charge is 2.39. The molecule has 0 saturated carbocycles. The number of amides is 2. The zero-order valence-corrected chi connectivity index (χ0v) is 18.1. The van der Waals surface area contributed by atoms with E-state index < -0.39 is 5.91 Å². The quantitative estimate of drug-likeness (QED) is 0.576. The summed E-state index contributed by atoms with van der Waals surface area (Å²) < 4.78 is 10.8. The largest absolute Gasteiger partial charge is 0.497 e. The van der Waals surface area contributed by atoms with Crippen molar-refractivity contribution < 1.29 is 19.1 Å². The van der Waals surface area contributed by atoms with Crippen molar-refractivity contribution in [2.45, 2.75) is 13.5 Å². The van der Waals surface area contributed by atoms with Gasteiger partial charge in [0.15, 0.2) is 0 Å². The maximum absolute atomic E-state index is 13.4. The van der Waals surface area contributed by atoms with Crippen LogP contribution in [0.2, 0.25) is 0 Å². The van der Waals surface area contributed by atoms with E-state index in [1.807, 2.05) is 31.2 Å². The first-order valence-corrected chi connectivity index (χ1v) is 10.1. The highest BCUT2D eigenvalue weighted by Crippen LogP contribution is 2.35. The smallest absolute Gasteiger partial charge is 0.278 e. The molecule has 7 heteroatoms. The maximum Gasteiger partial charge on any atom is 0.278 e. The summed E-state index contributed by atoms with van der Waals surface area (Å²) in [6.45, 7) is 2.12. The van der Waals surface area contributed by atoms with Crippen molar-refractivity contribution in [3.8, 4) is 11.5 Å². The summed E-state index contributed by atoms with van der Waals surface area (Å²) in [6, 6.07) is 16.3. The molecule has 1 aliphatic heterocycles. The van der Waals surface area contributed by atoms with E-state index in [1.165, 1.54) is 4.90 Å². The summed E-state index contributed by atoms with van der Waals surface area (Å²) >= 11 is 0. The highest BCUT2D eigenvalue weighted by molar-refractivity contribution is 6.36. The second kappa shape index (κ2) is 8.93. The lowest BCUT2D eigenvalue weighted by Gasteiger charge is -2.16. The number of hydrogen-bond acceptors (Lipinski definition) is 6. The van der Waals surface area contributed by atoms with Crippen LogP contribution in [0.25, 0.3) is 5.57 Å². The minimum absolute atomic E-state index is 0.149. The molecule has 2 amide bonds. The van der Waals surface area contributed by atoms with Crippen LogP contribution in [0.15, 0.2) is 72.7 Å². The van der Waals surface area contributed by atoms with E-state index in [-0.39, 0.29) is 18.1 Å². The molecule has 0 radical (unpaired) electrons. The summed E-state index contributed by atoms with van der Waals surface area (Å²) in [6.07, 6.45) is 3.27. The Hall–Kier alpha value is -4.13. The number of hydrogen-bond donors (Lipinski definition) is 1. The second-order valence-electron chi connectivity index (χ2n) is 7.36. The third-order valence-corrected chi connectivity index (χ3v) is 5.26. The lowest BCUT2D eigenvalue weighted by Crippen LogP contribution is -2.32. The van der Waals surface area contributed by atoms with Gasteiger partial charge in [0.25, 0.3) is 11.8 Å². The average Bonchev–Trinajstić information content (AvgIpc) is 3.04. The Morgan fingerprint density at radius 3 is 2.28 bits per heavy atom. The van der Waals surface area contributed by atoms with Crippen molar-refractivity contribution in [3.05, 3.63) is 89.4 Å². The van der Waals surface area contributed by atoms with Crippen molar-refractivity contribution in [2.75, 3.05) is 19.5 Å². The van der Waals surface area contributed by atoms with Gasteiger partial charge in [-0.1, -0.05) is 29.8 Å². The van der Waals surface area contributed by atoms with Crippen LogP contribution in [0.1, 0.15) is 16.7 Å². The number of imide groups is 1. The number of aryl methyl sites for hydroxylation is 1. The van der Waals surface area contributed by atoms with Gasteiger partial charge in [0.05, 0.1) is 32.0 Å². The number of methoxy groups -OCH3 is 2. The molecule has 4 rings (SSSR count). The molecular weight excluding hydrogens is 406 g/mol. The number of rotatable bonds is 7. The van der Waals surface area contributed by atoms with Crippen LogP contribution in [0.5, 0.6) is 11.5 Å². The molecular formula is C25H23N3O4. The van der Waals surface area contributed by atoms with Crippen LogP contribution >= 0.6 is 0 Å². The van der Waals surface area contributed by atoms with Gasteiger partial charge in [0.2, 0.25) is 0 Å². The van der Waals surface area contributed by atoms with E-state index in [9.17, 15) is 9.59 Å². The number of anilines is 1. The zero-order chi connectivity index (χ0) is 22.7. The SMILES string of the molecule is COc1ccc(OC)c(NC2=C(c3ccc(C)cc3)C(=O)N(Cc3ccncc3)C2=O)c1. The van der Waals surface area contributed by atoms with Gasteiger partial charge in [-0.15, -0.1) is 0 Å². The van der Waals surface area contributed by atoms with Crippen molar-refractivity contribution >= 4 is 23.1 Å². The lowest BCUT2D eigenvalue weighted by atomic mass is 10.0. The first-order chi connectivity index (χ1) is 15.5. The number of carbonyl (C=O) groups excluding carboxylic acids is 2. The van der Waals surface area contributed by atoms with Crippen molar-refractivity contribution in [1.29, 1.82) is 0 Å². The molecule has 0 bridgehead atoms. The maximum atomic E-state index is 13.4. The van der Waals surface area contributed by atoms with E-state index in [0.717, 1.165) is 11.1 Å². The Balaban J connectivity index is 1.78. The third kappa shape index (κ3) is 4.05. The fourth-order valence-corrected chi connectivity index (χ4v) is 3.54. The third-order valence-electron chi connectivity index (χ3n) is 5.26. The Bertz CT molecular complexity index is 1190. The van der Waals surface area contributed by atoms with Gasteiger partial charge in [0.1, 0.15) is 17.2 Å². The molecule has 0 fully saturated rings. The summed E-state index contributed by atoms with van der Waals surface area (Å²) in [7, 11) is 3.10. The van der Waals surface area contributed by atoms with E-state index >= 15 is 0 Å².